The second kappa shape index (κ2) is 6.81. The van der Waals surface area contributed by atoms with Gasteiger partial charge in [-0.3, -0.25) is 4.98 Å². The minimum absolute atomic E-state index is 0.0579. The fourth-order valence-electron chi connectivity index (χ4n) is 1.88. The first kappa shape index (κ1) is 16.8. The van der Waals surface area contributed by atoms with Gasteiger partial charge in [0, 0.05) is 6.07 Å². The molecule has 25 heavy (non-hydrogen) atoms. The number of pyridine rings is 1. The summed E-state index contributed by atoms with van der Waals surface area (Å²) in [5, 5.41) is 7.74. The number of benzene rings is 1. The molecule has 2 aromatic heterocycles. The van der Waals surface area contributed by atoms with Crippen LogP contribution in [0.2, 0.25) is 0 Å². The normalized spacial score (nSPS) is 11.3. The molecule has 3 rings (SSSR count). The van der Waals surface area contributed by atoms with Crippen LogP contribution in [0.1, 0.15) is 5.69 Å². The summed E-state index contributed by atoms with van der Waals surface area (Å²) in [7, 11) is -5.09. The smallest absolute Gasteiger partial charge is 0.487 e. The fourth-order valence-corrected chi connectivity index (χ4v) is 2.22. The summed E-state index contributed by atoms with van der Waals surface area (Å²) in [5.41, 5.74) is 0.419. The van der Waals surface area contributed by atoms with Gasteiger partial charge < -0.3 is 8.92 Å². The standard InChI is InChI=1S/C14H10F2N4O4S/c15-13-7-10(20-18-5-6-19-20)8-17-14(13)9-23-11-1-3-12(4-2-11)24-25(16,21)22/h1-8H,9H2. The molecule has 0 bridgehead atoms. The molecular weight excluding hydrogens is 358 g/mol. The highest BCUT2D eigenvalue weighted by Gasteiger charge is 2.11. The Morgan fingerprint density at radius 2 is 1.72 bits per heavy atom. The molecule has 0 amide bonds. The van der Waals surface area contributed by atoms with Crippen LogP contribution in [0.4, 0.5) is 8.28 Å². The molecule has 0 saturated heterocycles. The van der Waals surface area contributed by atoms with E-state index in [4.69, 9.17) is 4.74 Å². The molecule has 0 atom stereocenters. The first-order valence-electron chi connectivity index (χ1n) is 6.79. The van der Waals surface area contributed by atoms with Crippen molar-refractivity contribution >= 4 is 10.5 Å². The van der Waals surface area contributed by atoms with Crippen LogP contribution in [0.25, 0.3) is 5.69 Å². The molecule has 0 radical (unpaired) electrons. The van der Waals surface area contributed by atoms with E-state index in [9.17, 15) is 16.7 Å². The van der Waals surface area contributed by atoms with Crippen molar-refractivity contribution in [2.75, 3.05) is 0 Å². The van der Waals surface area contributed by atoms with Gasteiger partial charge in [-0.1, -0.05) is 3.89 Å². The summed E-state index contributed by atoms with van der Waals surface area (Å²) in [4.78, 5) is 5.18. The van der Waals surface area contributed by atoms with Crippen LogP contribution in [-0.4, -0.2) is 28.4 Å². The summed E-state index contributed by atoms with van der Waals surface area (Å²) in [6.45, 7) is -0.166. The summed E-state index contributed by atoms with van der Waals surface area (Å²) in [6.07, 6.45) is 4.30. The molecule has 0 saturated carbocycles. The molecular formula is C14H10F2N4O4S. The number of nitrogens with zero attached hydrogens (tertiary/aromatic N) is 4. The highest BCUT2D eigenvalue weighted by molar-refractivity contribution is 7.81. The number of hydrogen-bond acceptors (Lipinski definition) is 7. The number of rotatable bonds is 6. The molecule has 3 aromatic rings. The van der Waals surface area contributed by atoms with Crippen molar-refractivity contribution in [3.05, 3.63) is 60.4 Å². The monoisotopic (exact) mass is 368 g/mol. The maximum Gasteiger partial charge on any atom is 0.488 e. The van der Waals surface area contributed by atoms with Gasteiger partial charge in [0.05, 0.1) is 18.6 Å². The third kappa shape index (κ3) is 4.47. The minimum Gasteiger partial charge on any atom is -0.487 e. The van der Waals surface area contributed by atoms with E-state index in [1.165, 1.54) is 53.7 Å². The number of halogens is 2. The quantitative estimate of drug-likeness (QED) is 0.614. The Bertz CT molecular complexity index is 963. The molecule has 11 heteroatoms. The molecule has 1 aromatic carbocycles. The largest absolute Gasteiger partial charge is 0.488 e. The Kier molecular flexibility index (Phi) is 4.57. The van der Waals surface area contributed by atoms with Gasteiger partial charge in [0.15, 0.2) is 0 Å². The van der Waals surface area contributed by atoms with Crippen molar-refractivity contribution < 1.29 is 25.6 Å². The molecule has 0 aliphatic rings. The number of hydrogen-bond donors (Lipinski definition) is 0. The van der Waals surface area contributed by atoms with Crippen LogP contribution in [0, 0.1) is 5.82 Å². The van der Waals surface area contributed by atoms with Crippen LogP contribution < -0.4 is 8.92 Å². The van der Waals surface area contributed by atoms with Gasteiger partial charge in [0.2, 0.25) is 0 Å². The lowest BCUT2D eigenvalue weighted by molar-refractivity contribution is 0.293. The van der Waals surface area contributed by atoms with Gasteiger partial charge in [-0.05, 0) is 24.3 Å². The maximum atomic E-state index is 14.1. The summed E-state index contributed by atoms with van der Waals surface area (Å²) >= 11 is 0. The van der Waals surface area contributed by atoms with Gasteiger partial charge in [0.25, 0.3) is 0 Å². The maximum absolute atomic E-state index is 14.1. The third-order valence-electron chi connectivity index (χ3n) is 2.95. The minimum atomic E-state index is -5.09. The second-order valence-corrected chi connectivity index (χ2v) is 5.63. The highest BCUT2D eigenvalue weighted by atomic mass is 32.3. The van der Waals surface area contributed by atoms with Crippen molar-refractivity contribution in [2.24, 2.45) is 0 Å². The van der Waals surface area contributed by atoms with Crippen LogP contribution in [-0.2, 0) is 17.1 Å². The zero-order valence-electron chi connectivity index (χ0n) is 12.4. The third-order valence-corrected chi connectivity index (χ3v) is 3.34. The Balaban J connectivity index is 1.65. The predicted molar refractivity (Wildman–Crippen MR) is 80.5 cm³/mol. The topological polar surface area (TPSA) is 96.2 Å². The Morgan fingerprint density at radius 3 is 2.32 bits per heavy atom. The van der Waals surface area contributed by atoms with E-state index in [0.29, 0.717) is 11.4 Å². The summed E-state index contributed by atoms with van der Waals surface area (Å²) < 4.78 is 56.6. The van der Waals surface area contributed by atoms with E-state index in [0.717, 1.165) is 0 Å². The van der Waals surface area contributed by atoms with E-state index in [1.54, 1.807) is 0 Å². The van der Waals surface area contributed by atoms with Crippen LogP contribution >= 0.6 is 0 Å². The first-order chi connectivity index (χ1) is 11.9. The van der Waals surface area contributed by atoms with Crippen molar-refractivity contribution in [3.63, 3.8) is 0 Å². The molecule has 0 N–H and O–H groups in total. The van der Waals surface area contributed by atoms with Crippen molar-refractivity contribution in [2.45, 2.75) is 6.61 Å². The Hall–Kier alpha value is -3.08. The van der Waals surface area contributed by atoms with E-state index in [1.807, 2.05) is 0 Å². The lowest BCUT2D eigenvalue weighted by Gasteiger charge is -2.08. The molecule has 0 fully saturated rings. The molecule has 0 aliphatic heterocycles. The number of aromatic nitrogens is 4. The second-order valence-electron chi connectivity index (χ2n) is 4.68. The Labute approximate surface area is 141 Å². The van der Waals surface area contributed by atoms with Gasteiger partial charge in [0.1, 0.15) is 35.3 Å². The van der Waals surface area contributed by atoms with Gasteiger partial charge >= 0.3 is 10.5 Å². The van der Waals surface area contributed by atoms with E-state index in [-0.39, 0.29) is 18.1 Å². The number of ether oxygens (including phenoxy) is 1. The van der Waals surface area contributed by atoms with E-state index in [2.05, 4.69) is 19.4 Å². The zero-order chi connectivity index (χ0) is 17.9. The fraction of sp³-hybridized carbons (Fsp3) is 0.0714. The van der Waals surface area contributed by atoms with Crippen molar-refractivity contribution in [1.29, 1.82) is 0 Å². The average molecular weight is 368 g/mol. The summed E-state index contributed by atoms with van der Waals surface area (Å²) in [6, 6.07) is 6.31. The predicted octanol–water partition coefficient (Wildman–Crippen LogP) is 1.97. The van der Waals surface area contributed by atoms with Gasteiger partial charge in [-0.2, -0.15) is 18.6 Å². The average Bonchev–Trinajstić information content (AvgIpc) is 3.08. The molecule has 8 nitrogen and oxygen atoms in total. The van der Waals surface area contributed by atoms with Gasteiger partial charge in [-0.25, -0.2) is 4.39 Å². The molecule has 2 heterocycles. The molecule has 0 aliphatic carbocycles. The highest BCUT2D eigenvalue weighted by Crippen LogP contribution is 2.20. The lowest BCUT2D eigenvalue weighted by Crippen LogP contribution is -2.05. The lowest BCUT2D eigenvalue weighted by atomic mass is 10.3. The Morgan fingerprint density at radius 1 is 1.08 bits per heavy atom. The summed E-state index contributed by atoms with van der Waals surface area (Å²) in [5.74, 6) is -0.517. The van der Waals surface area contributed by atoms with Crippen molar-refractivity contribution in [1.82, 2.24) is 20.0 Å². The molecule has 0 unspecified atom stereocenters. The SMILES string of the molecule is O=S(=O)(F)Oc1ccc(OCc2ncc(-n3nccn3)cc2F)cc1. The zero-order valence-corrected chi connectivity index (χ0v) is 13.2. The van der Waals surface area contributed by atoms with E-state index >= 15 is 0 Å². The van der Waals surface area contributed by atoms with Crippen LogP contribution in [0.3, 0.4) is 0 Å². The molecule has 0 spiro atoms. The molecule has 130 valence electrons. The van der Waals surface area contributed by atoms with Crippen LogP contribution in [0.15, 0.2) is 48.9 Å². The first-order valence-corrected chi connectivity index (χ1v) is 8.09. The van der Waals surface area contributed by atoms with Crippen molar-refractivity contribution in [3.8, 4) is 17.2 Å². The van der Waals surface area contributed by atoms with Crippen LogP contribution in [0.5, 0.6) is 11.5 Å². The van der Waals surface area contributed by atoms with E-state index < -0.39 is 16.3 Å². The van der Waals surface area contributed by atoms with Gasteiger partial charge in [-0.15, -0.1) is 4.80 Å².